The Bertz CT molecular complexity index is 2650. The molecule has 0 radical (unpaired) electrons. The Hall–Kier alpha value is -6.24. The smallest absolute Gasteiger partial charge is 0.364 e. The first-order valence-corrected chi connectivity index (χ1v) is 20.8. The molecule has 0 bridgehead atoms. The SMILES string of the molecule is Cc1nc(-c2ccccc2C(C)C)c2n1CCN(c1ccc(-c3nc(C(F)(F)F)cn3C)cc1)C2.Cc1nc(-c2cccnc2C(C)C)c2n1CCN(c1ccc(F)cc1)C2. The van der Waals surface area contributed by atoms with Gasteiger partial charge in [0.15, 0.2) is 5.69 Å². The average Bonchev–Trinajstić information content (AvgIpc) is 3.93. The van der Waals surface area contributed by atoms with Crippen LogP contribution in [0.3, 0.4) is 0 Å². The van der Waals surface area contributed by atoms with Gasteiger partial charge in [0.05, 0.1) is 41.6 Å². The van der Waals surface area contributed by atoms with Crippen LogP contribution in [-0.2, 0) is 39.4 Å². The second kappa shape index (κ2) is 16.7. The molecule has 0 fully saturated rings. The Kier molecular flexibility index (Phi) is 11.3. The molecule has 0 N–H and O–H groups in total. The molecule has 0 saturated heterocycles. The van der Waals surface area contributed by atoms with E-state index >= 15 is 0 Å². The fourth-order valence-electron chi connectivity index (χ4n) is 8.61. The number of aromatic nitrogens is 7. The molecule has 7 aromatic rings. The number of aryl methyl sites for hydroxylation is 3. The largest absolute Gasteiger partial charge is 0.434 e. The van der Waals surface area contributed by atoms with E-state index in [1.807, 2.05) is 48.7 Å². The lowest BCUT2D eigenvalue weighted by Crippen LogP contribution is -2.34. The van der Waals surface area contributed by atoms with Gasteiger partial charge in [-0.05, 0) is 91.9 Å². The van der Waals surface area contributed by atoms with Crippen molar-refractivity contribution < 1.29 is 17.6 Å². The van der Waals surface area contributed by atoms with Gasteiger partial charge in [-0.1, -0.05) is 52.0 Å². The van der Waals surface area contributed by atoms with Crippen molar-refractivity contribution in [2.75, 3.05) is 22.9 Å². The second-order valence-electron chi connectivity index (χ2n) is 16.5. The molecule has 0 unspecified atom stereocenters. The Morgan fingerprint density at radius 3 is 1.70 bits per heavy atom. The molecule has 9 nitrogen and oxygen atoms in total. The first-order valence-electron chi connectivity index (χ1n) is 20.8. The summed E-state index contributed by atoms with van der Waals surface area (Å²) in [6, 6.07) is 26.8. The maximum absolute atomic E-state index is 13.3. The van der Waals surface area contributed by atoms with Gasteiger partial charge in [-0.2, -0.15) is 13.2 Å². The first-order chi connectivity index (χ1) is 29.2. The number of hydrogen-bond acceptors (Lipinski definition) is 6. The highest BCUT2D eigenvalue weighted by atomic mass is 19.4. The summed E-state index contributed by atoms with van der Waals surface area (Å²) < 4.78 is 58.5. The van der Waals surface area contributed by atoms with Gasteiger partial charge in [-0.3, -0.25) is 4.98 Å². The summed E-state index contributed by atoms with van der Waals surface area (Å²) in [6.07, 6.45) is -1.59. The second-order valence-corrected chi connectivity index (χ2v) is 16.5. The highest BCUT2D eigenvalue weighted by Gasteiger charge is 2.35. The number of benzene rings is 3. The van der Waals surface area contributed by atoms with E-state index in [9.17, 15) is 17.6 Å². The lowest BCUT2D eigenvalue weighted by atomic mass is 9.94. The third kappa shape index (κ3) is 8.30. The summed E-state index contributed by atoms with van der Waals surface area (Å²) in [4.78, 5) is 22.8. The van der Waals surface area contributed by atoms with Crippen LogP contribution in [0, 0.1) is 19.7 Å². The zero-order valence-electron chi connectivity index (χ0n) is 35.7. The molecule has 0 spiro atoms. The highest BCUT2D eigenvalue weighted by molar-refractivity contribution is 5.69. The molecule has 2 aliphatic heterocycles. The van der Waals surface area contributed by atoms with Crippen molar-refractivity contribution >= 4 is 11.4 Å². The van der Waals surface area contributed by atoms with Gasteiger partial charge in [0.25, 0.3) is 0 Å². The van der Waals surface area contributed by atoms with Crippen LogP contribution in [0.1, 0.15) is 79.5 Å². The van der Waals surface area contributed by atoms with Crippen molar-refractivity contribution in [1.82, 2.24) is 33.6 Å². The van der Waals surface area contributed by atoms with Crippen molar-refractivity contribution in [1.29, 1.82) is 0 Å². The predicted octanol–water partition coefficient (Wildman–Crippen LogP) is 11.0. The molecule has 3 aromatic carbocycles. The summed E-state index contributed by atoms with van der Waals surface area (Å²) in [5.74, 6) is 2.86. The molecule has 9 rings (SSSR count). The Labute approximate surface area is 354 Å². The number of anilines is 2. The number of nitrogens with zero attached hydrogens (tertiary/aromatic N) is 9. The fourth-order valence-corrected chi connectivity index (χ4v) is 8.61. The molecule has 6 heterocycles. The molecule has 61 heavy (non-hydrogen) atoms. The van der Waals surface area contributed by atoms with Crippen molar-refractivity contribution in [2.45, 2.75) is 85.7 Å². The Morgan fingerprint density at radius 2 is 1.16 bits per heavy atom. The van der Waals surface area contributed by atoms with E-state index in [0.717, 1.165) is 84.6 Å². The molecule has 4 aromatic heterocycles. The summed E-state index contributed by atoms with van der Waals surface area (Å²) in [7, 11) is 1.58. The fraction of sp³-hybridized carbons (Fsp3) is 0.333. The lowest BCUT2D eigenvalue weighted by molar-refractivity contribution is -0.140. The lowest BCUT2D eigenvalue weighted by Gasteiger charge is -2.31. The first kappa shape index (κ1) is 41.5. The zero-order chi connectivity index (χ0) is 43.2. The van der Waals surface area contributed by atoms with Crippen LogP contribution in [0.2, 0.25) is 0 Å². The van der Waals surface area contributed by atoms with Gasteiger partial charge in [-0.25, -0.2) is 19.3 Å². The summed E-state index contributed by atoms with van der Waals surface area (Å²) in [6.45, 7) is 17.7. The maximum atomic E-state index is 13.3. The molecule has 13 heteroatoms. The number of hydrogen-bond donors (Lipinski definition) is 0. The molecular formula is C48H51F4N9. The van der Waals surface area contributed by atoms with Crippen LogP contribution >= 0.6 is 0 Å². The minimum atomic E-state index is -4.46. The van der Waals surface area contributed by atoms with E-state index in [0.29, 0.717) is 29.8 Å². The molecule has 0 amide bonds. The van der Waals surface area contributed by atoms with Crippen LogP contribution in [0.5, 0.6) is 0 Å². The van der Waals surface area contributed by atoms with Crippen molar-refractivity contribution in [2.24, 2.45) is 7.05 Å². The van der Waals surface area contributed by atoms with Crippen molar-refractivity contribution in [3.05, 3.63) is 143 Å². The number of alkyl halides is 3. The van der Waals surface area contributed by atoms with Gasteiger partial charge in [0.1, 0.15) is 23.3 Å². The summed E-state index contributed by atoms with van der Waals surface area (Å²) in [5.41, 5.74) is 10.9. The molecular weight excluding hydrogens is 779 g/mol. The molecule has 2 aliphatic rings. The number of rotatable bonds is 7. The topological polar surface area (TPSA) is 72.8 Å². The molecule has 316 valence electrons. The van der Waals surface area contributed by atoms with Crippen LogP contribution in [-0.4, -0.2) is 46.7 Å². The number of pyridine rings is 1. The quantitative estimate of drug-likeness (QED) is 0.149. The van der Waals surface area contributed by atoms with Crippen molar-refractivity contribution in [3.8, 4) is 33.9 Å². The number of halogens is 4. The summed E-state index contributed by atoms with van der Waals surface area (Å²) >= 11 is 0. The molecule has 0 aliphatic carbocycles. The van der Waals surface area contributed by atoms with E-state index in [1.165, 1.54) is 39.2 Å². The van der Waals surface area contributed by atoms with E-state index in [-0.39, 0.29) is 5.82 Å². The Morgan fingerprint density at radius 1 is 0.623 bits per heavy atom. The van der Waals surface area contributed by atoms with Crippen LogP contribution < -0.4 is 9.80 Å². The van der Waals surface area contributed by atoms with Gasteiger partial charge in [0, 0.05) is 73.7 Å². The molecule has 0 saturated carbocycles. The van der Waals surface area contributed by atoms with Crippen LogP contribution in [0.25, 0.3) is 33.9 Å². The third-order valence-corrected chi connectivity index (χ3v) is 11.7. The van der Waals surface area contributed by atoms with Gasteiger partial charge in [0.2, 0.25) is 0 Å². The van der Waals surface area contributed by atoms with E-state index < -0.39 is 11.9 Å². The van der Waals surface area contributed by atoms with Crippen LogP contribution in [0.4, 0.5) is 28.9 Å². The highest BCUT2D eigenvalue weighted by Crippen LogP contribution is 2.37. The summed E-state index contributed by atoms with van der Waals surface area (Å²) in [5, 5.41) is 0. The van der Waals surface area contributed by atoms with Crippen molar-refractivity contribution in [3.63, 3.8) is 0 Å². The van der Waals surface area contributed by atoms with Crippen LogP contribution in [0.15, 0.2) is 97.3 Å². The zero-order valence-corrected chi connectivity index (χ0v) is 35.7. The van der Waals surface area contributed by atoms with Gasteiger partial charge in [-0.15, -0.1) is 0 Å². The maximum Gasteiger partial charge on any atom is 0.434 e. The third-order valence-electron chi connectivity index (χ3n) is 11.7. The van der Waals surface area contributed by atoms with Gasteiger partial charge < -0.3 is 23.5 Å². The molecule has 0 atom stereocenters. The van der Waals surface area contributed by atoms with E-state index in [2.05, 4.69) is 101 Å². The van der Waals surface area contributed by atoms with E-state index in [1.54, 1.807) is 7.05 Å². The monoisotopic (exact) mass is 829 g/mol. The minimum absolute atomic E-state index is 0.204. The average molecular weight is 830 g/mol. The standard InChI is InChI=1S/C27H28F3N5.C21H23FN4/c1-17(2)21-7-5-6-8-22(21)25-23-15-34(13-14-35(23)18(3)31-25)20-11-9-19(10-12-20)26-32-24(16-33(26)4)27(28,29)30;1-14(2)20-18(5-4-10-23-20)21-19-13-25(11-12-26(19)15(3)24-21)17-8-6-16(22)7-9-17/h5-12,16-17H,13-15H2,1-4H3;4-10,14H,11-13H2,1-3H3. The Balaban J connectivity index is 0.000000176. The number of imidazole rings is 3. The predicted molar refractivity (Wildman–Crippen MR) is 233 cm³/mol. The van der Waals surface area contributed by atoms with Gasteiger partial charge >= 0.3 is 6.18 Å². The van der Waals surface area contributed by atoms with E-state index in [4.69, 9.17) is 9.97 Å². The minimum Gasteiger partial charge on any atom is -0.364 e. The normalized spacial score (nSPS) is 14.0. The number of fused-ring (bicyclic) bond motifs is 2.